The zero-order valence-corrected chi connectivity index (χ0v) is 10.4. The van der Waals surface area contributed by atoms with Crippen molar-refractivity contribution in [2.75, 3.05) is 0 Å². The van der Waals surface area contributed by atoms with E-state index < -0.39 is 0 Å². The number of nitrogens with one attached hydrogen (secondary N) is 2. The van der Waals surface area contributed by atoms with Gasteiger partial charge >= 0.3 is 0 Å². The minimum absolute atomic E-state index is 0.0201. The smallest absolute Gasteiger partial charge is 0.268 e. The fourth-order valence-corrected chi connectivity index (χ4v) is 2.66. The molecule has 1 aliphatic carbocycles. The Morgan fingerprint density at radius 3 is 2.78 bits per heavy atom. The van der Waals surface area contributed by atoms with E-state index in [2.05, 4.69) is 10.3 Å². The zero-order chi connectivity index (χ0) is 12.4. The molecule has 0 unspecified atom stereocenters. The average molecular weight is 246 g/mol. The van der Waals surface area contributed by atoms with Gasteiger partial charge in [-0.3, -0.25) is 4.79 Å². The van der Waals surface area contributed by atoms with Crippen molar-refractivity contribution in [3.8, 4) is 0 Å². The van der Waals surface area contributed by atoms with Crippen LogP contribution in [-0.2, 0) is 0 Å². The summed E-state index contributed by atoms with van der Waals surface area (Å²) in [6.45, 7) is 0. The highest BCUT2D eigenvalue weighted by Gasteiger charge is 2.17. The van der Waals surface area contributed by atoms with Gasteiger partial charge in [0, 0.05) is 18.2 Å². The lowest BCUT2D eigenvalue weighted by Crippen LogP contribution is -2.34. The van der Waals surface area contributed by atoms with Crippen molar-refractivity contribution in [1.82, 2.24) is 10.3 Å². The molecule has 2 aromatic heterocycles. The van der Waals surface area contributed by atoms with E-state index in [0.29, 0.717) is 11.7 Å². The molecule has 0 radical (unpaired) electrons. The molecule has 2 heterocycles. The van der Waals surface area contributed by atoms with Gasteiger partial charge in [-0.1, -0.05) is 25.7 Å². The van der Waals surface area contributed by atoms with Gasteiger partial charge in [0.05, 0.1) is 11.8 Å². The van der Waals surface area contributed by atoms with Crippen molar-refractivity contribution in [3.63, 3.8) is 0 Å². The minimum Gasteiger partial charge on any atom is -0.463 e. The predicted octanol–water partition coefficient (Wildman–Crippen LogP) is 3.21. The van der Waals surface area contributed by atoms with Crippen molar-refractivity contribution in [2.45, 2.75) is 44.6 Å². The first-order chi connectivity index (χ1) is 8.83. The molecule has 0 saturated heterocycles. The van der Waals surface area contributed by atoms with E-state index >= 15 is 0 Å². The number of hydrogen-bond donors (Lipinski definition) is 2. The quantitative estimate of drug-likeness (QED) is 0.799. The number of H-pyrrole nitrogens is 1. The molecule has 4 heteroatoms. The highest BCUT2D eigenvalue weighted by Crippen LogP contribution is 2.19. The summed E-state index contributed by atoms with van der Waals surface area (Å²) in [5.41, 5.74) is 2.20. The molecule has 1 aliphatic rings. The van der Waals surface area contributed by atoms with Crippen LogP contribution in [0.5, 0.6) is 0 Å². The lowest BCUT2D eigenvalue weighted by atomic mass is 10.1. The Balaban J connectivity index is 1.68. The number of rotatable bonds is 2. The highest BCUT2D eigenvalue weighted by molar-refractivity contribution is 5.96. The Morgan fingerprint density at radius 2 is 2.06 bits per heavy atom. The number of carbonyl (C=O) groups is 1. The van der Waals surface area contributed by atoms with Crippen molar-refractivity contribution >= 4 is 17.0 Å². The number of fused-ring (bicyclic) bond motifs is 1. The Kier molecular flexibility index (Phi) is 3.09. The third kappa shape index (κ3) is 2.28. The van der Waals surface area contributed by atoms with Crippen LogP contribution in [0.2, 0.25) is 0 Å². The lowest BCUT2D eigenvalue weighted by molar-refractivity contribution is 0.0929. The summed E-state index contributed by atoms with van der Waals surface area (Å²) < 4.78 is 5.25. The van der Waals surface area contributed by atoms with Gasteiger partial charge in [0.2, 0.25) is 0 Å². The van der Waals surface area contributed by atoms with Crippen LogP contribution < -0.4 is 5.32 Å². The standard InChI is InChI=1S/C14H18N2O2/c17-14(15-10-5-3-1-2-4-6-10)12-9-13-11(16-12)7-8-18-13/h7-10,16H,1-6H2,(H,15,17). The fourth-order valence-electron chi connectivity index (χ4n) is 2.66. The first kappa shape index (κ1) is 11.4. The summed E-state index contributed by atoms with van der Waals surface area (Å²) in [6.07, 6.45) is 8.85. The number of aromatic nitrogens is 1. The van der Waals surface area contributed by atoms with E-state index in [1.807, 2.05) is 6.07 Å². The van der Waals surface area contributed by atoms with Gasteiger partial charge in [-0.25, -0.2) is 0 Å². The summed E-state index contributed by atoms with van der Waals surface area (Å²) in [7, 11) is 0. The molecule has 0 aliphatic heterocycles. The molecule has 96 valence electrons. The first-order valence-corrected chi connectivity index (χ1v) is 6.70. The van der Waals surface area contributed by atoms with Crippen LogP contribution in [0.1, 0.15) is 49.0 Å². The molecule has 1 saturated carbocycles. The average Bonchev–Trinajstić information content (AvgIpc) is 2.85. The van der Waals surface area contributed by atoms with E-state index in [1.54, 1.807) is 12.3 Å². The molecule has 2 aromatic rings. The molecule has 18 heavy (non-hydrogen) atoms. The molecule has 3 rings (SSSR count). The van der Waals surface area contributed by atoms with Gasteiger partial charge in [0.1, 0.15) is 5.69 Å². The molecule has 0 spiro atoms. The summed E-state index contributed by atoms with van der Waals surface area (Å²) >= 11 is 0. The molecule has 0 aromatic carbocycles. The van der Waals surface area contributed by atoms with E-state index in [9.17, 15) is 4.79 Å². The molecule has 0 bridgehead atoms. The molecule has 0 atom stereocenters. The third-order valence-corrected chi connectivity index (χ3v) is 3.67. The van der Waals surface area contributed by atoms with Crippen LogP contribution in [0.15, 0.2) is 22.8 Å². The number of aromatic amines is 1. The van der Waals surface area contributed by atoms with E-state index in [4.69, 9.17) is 4.42 Å². The Bertz CT molecular complexity index is 504. The normalized spacial score (nSPS) is 17.8. The summed E-state index contributed by atoms with van der Waals surface area (Å²) in [5.74, 6) is -0.0201. The molecular formula is C14H18N2O2. The minimum atomic E-state index is -0.0201. The van der Waals surface area contributed by atoms with Gasteiger partial charge in [0.15, 0.2) is 5.58 Å². The first-order valence-electron chi connectivity index (χ1n) is 6.70. The number of amides is 1. The fraction of sp³-hybridized carbons (Fsp3) is 0.500. The maximum atomic E-state index is 12.1. The molecule has 1 amide bonds. The van der Waals surface area contributed by atoms with Crippen LogP contribution in [0.4, 0.5) is 0 Å². The summed E-state index contributed by atoms with van der Waals surface area (Å²) in [6, 6.07) is 3.92. The monoisotopic (exact) mass is 246 g/mol. The van der Waals surface area contributed by atoms with Crippen molar-refractivity contribution in [1.29, 1.82) is 0 Å². The zero-order valence-electron chi connectivity index (χ0n) is 10.4. The van der Waals surface area contributed by atoms with Crippen molar-refractivity contribution in [2.24, 2.45) is 0 Å². The molecule has 1 fully saturated rings. The van der Waals surface area contributed by atoms with Crippen molar-refractivity contribution < 1.29 is 9.21 Å². The number of furan rings is 1. The van der Waals surface area contributed by atoms with Gasteiger partial charge in [-0.05, 0) is 12.8 Å². The van der Waals surface area contributed by atoms with Crippen molar-refractivity contribution in [3.05, 3.63) is 24.1 Å². The van der Waals surface area contributed by atoms with Crippen LogP contribution in [0, 0.1) is 0 Å². The van der Waals surface area contributed by atoms with Gasteiger partial charge in [-0.2, -0.15) is 0 Å². The summed E-state index contributed by atoms with van der Waals surface area (Å²) in [5, 5.41) is 3.11. The van der Waals surface area contributed by atoms with Gasteiger partial charge in [0.25, 0.3) is 5.91 Å². The maximum Gasteiger partial charge on any atom is 0.268 e. The topological polar surface area (TPSA) is 58.0 Å². The van der Waals surface area contributed by atoms with Crippen LogP contribution >= 0.6 is 0 Å². The van der Waals surface area contributed by atoms with E-state index in [0.717, 1.165) is 23.9 Å². The second-order valence-corrected chi connectivity index (χ2v) is 5.04. The molecule has 2 N–H and O–H groups in total. The predicted molar refractivity (Wildman–Crippen MR) is 69.5 cm³/mol. The van der Waals surface area contributed by atoms with E-state index in [-0.39, 0.29) is 5.91 Å². The van der Waals surface area contributed by atoms with Crippen LogP contribution in [0.25, 0.3) is 11.1 Å². The number of hydrogen-bond acceptors (Lipinski definition) is 2. The molecular weight excluding hydrogens is 228 g/mol. The largest absolute Gasteiger partial charge is 0.463 e. The van der Waals surface area contributed by atoms with E-state index in [1.165, 1.54) is 25.7 Å². The Morgan fingerprint density at radius 1 is 1.28 bits per heavy atom. The van der Waals surface area contributed by atoms with Gasteiger partial charge in [-0.15, -0.1) is 0 Å². The summed E-state index contributed by atoms with van der Waals surface area (Å²) in [4.78, 5) is 15.2. The SMILES string of the molecule is O=C(NC1CCCCCC1)c1cc2occc2[nH]1. The maximum absolute atomic E-state index is 12.1. The van der Waals surface area contributed by atoms with Crippen LogP contribution in [0.3, 0.4) is 0 Å². The third-order valence-electron chi connectivity index (χ3n) is 3.67. The lowest BCUT2D eigenvalue weighted by Gasteiger charge is -2.15. The molecule has 4 nitrogen and oxygen atoms in total. The second kappa shape index (κ2) is 4.88. The van der Waals surface area contributed by atoms with Gasteiger partial charge < -0.3 is 14.7 Å². The Labute approximate surface area is 106 Å². The number of carbonyl (C=O) groups excluding carboxylic acids is 1. The van der Waals surface area contributed by atoms with Crippen LogP contribution in [-0.4, -0.2) is 16.9 Å². The second-order valence-electron chi connectivity index (χ2n) is 5.04. The highest BCUT2D eigenvalue weighted by atomic mass is 16.3. The Hall–Kier alpha value is -1.71.